The minimum atomic E-state index is -0.251. The van der Waals surface area contributed by atoms with Crippen molar-refractivity contribution in [3.05, 3.63) is 59.5 Å². The normalized spacial score (nSPS) is 16.3. The lowest BCUT2D eigenvalue weighted by molar-refractivity contribution is -0.132. The van der Waals surface area contributed by atoms with Crippen molar-refractivity contribution < 1.29 is 9.59 Å². The number of anilines is 1. The Morgan fingerprint density at radius 3 is 2.69 bits per heavy atom. The Bertz CT molecular complexity index is 1100. The monoisotopic (exact) mass is 434 g/mol. The molecule has 1 amide bonds. The van der Waals surface area contributed by atoms with Gasteiger partial charge in [-0.2, -0.15) is 10.2 Å². The maximum Gasteiger partial charge on any atom is 0.222 e. The number of nitrogen functional groups attached to an aromatic ring is 1. The van der Waals surface area contributed by atoms with Gasteiger partial charge in [-0.3, -0.25) is 14.3 Å². The summed E-state index contributed by atoms with van der Waals surface area (Å²) >= 11 is 0. The first-order chi connectivity index (χ1) is 15.4. The Kier molecular flexibility index (Phi) is 6.39. The molecule has 0 radical (unpaired) electrons. The van der Waals surface area contributed by atoms with E-state index in [0.29, 0.717) is 30.9 Å². The third-order valence-electron chi connectivity index (χ3n) is 6.08. The summed E-state index contributed by atoms with van der Waals surface area (Å²) in [6.45, 7) is 5.84. The molecule has 32 heavy (non-hydrogen) atoms. The molecule has 8 heteroatoms. The van der Waals surface area contributed by atoms with Gasteiger partial charge in [-0.25, -0.2) is 4.68 Å². The van der Waals surface area contributed by atoms with Crippen LogP contribution in [0.25, 0.3) is 5.69 Å². The number of carbonyl (C=O) groups is 2. The lowest BCUT2D eigenvalue weighted by atomic mass is 9.90. The van der Waals surface area contributed by atoms with E-state index in [4.69, 9.17) is 5.73 Å². The number of para-hydroxylation sites is 1. The van der Waals surface area contributed by atoms with Gasteiger partial charge in [0.25, 0.3) is 0 Å². The Labute approximate surface area is 188 Å². The molecule has 3 aromatic rings. The van der Waals surface area contributed by atoms with Crippen LogP contribution in [0.2, 0.25) is 0 Å². The number of piperidine rings is 1. The molecular formula is C24H30N6O2. The largest absolute Gasteiger partial charge is 0.383 e. The standard InChI is InChI=1S/C24H30N6O2/c1-17-14-18(2)29(27-17)13-7-11-22(31)28-12-6-8-19(16-28)23(32)21-15-26-30(24(21)25)20-9-4-3-5-10-20/h3-5,9-10,14-15,19H,6-8,11-13,16,25H2,1-2H3/t19-/m1/s1. The molecule has 8 nitrogen and oxygen atoms in total. The quantitative estimate of drug-likeness (QED) is 0.576. The molecule has 1 fully saturated rings. The van der Waals surface area contributed by atoms with E-state index in [1.807, 2.05) is 59.8 Å². The zero-order valence-electron chi connectivity index (χ0n) is 18.7. The van der Waals surface area contributed by atoms with E-state index in [0.717, 1.165) is 42.9 Å². The highest BCUT2D eigenvalue weighted by molar-refractivity contribution is 6.02. The minimum Gasteiger partial charge on any atom is -0.383 e. The Hall–Kier alpha value is -3.42. The number of nitrogens with zero attached hydrogens (tertiary/aromatic N) is 5. The van der Waals surface area contributed by atoms with Crippen molar-refractivity contribution in [2.75, 3.05) is 18.8 Å². The number of hydrogen-bond donors (Lipinski definition) is 1. The van der Waals surface area contributed by atoms with Gasteiger partial charge in [0.2, 0.25) is 5.91 Å². The summed E-state index contributed by atoms with van der Waals surface area (Å²) in [5.74, 6) is 0.149. The molecule has 0 spiro atoms. The van der Waals surface area contributed by atoms with Crippen LogP contribution in [0.15, 0.2) is 42.6 Å². The molecule has 0 bridgehead atoms. The van der Waals surface area contributed by atoms with Crippen LogP contribution >= 0.6 is 0 Å². The fourth-order valence-corrected chi connectivity index (χ4v) is 4.40. The molecule has 2 N–H and O–H groups in total. The first kappa shape index (κ1) is 21.8. The first-order valence-electron chi connectivity index (χ1n) is 11.2. The molecule has 0 saturated carbocycles. The zero-order chi connectivity index (χ0) is 22.7. The number of carbonyl (C=O) groups excluding carboxylic acids is 2. The van der Waals surface area contributed by atoms with Crippen LogP contribution < -0.4 is 5.73 Å². The SMILES string of the molecule is Cc1cc(C)n(CCCC(=O)N2CCC[C@@H](C(=O)c3cnn(-c4ccccc4)c3N)C2)n1. The number of benzene rings is 1. The molecule has 1 aliphatic heterocycles. The lowest BCUT2D eigenvalue weighted by Gasteiger charge is -2.32. The second-order valence-electron chi connectivity index (χ2n) is 8.49. The Morgan fingerprint density at radius 1 is 1.19 bits per heavy atom. The van der Waals surface area contributed by atoms with Crippen LogP contribution in [0.5, 0.6) is 0 Å². The molecule has 3 heterocycles. The predicted octanol–water partition coefficient (Wildman–Crippen LogP) is 3.17. The van der Waals surface area contributed by atoms with E-state index in [1.54, 1.807) is 10.9 Å². The summed E-state index contributed by atoms with van der Waals surface area (Å²) < 4.78 is 3.52. The highest BCUT2D eigenvalue weighted by Crippen LogP contribution is 2.25. The molecule has 2 aromatic heterocycles. The van der Waals surface area contributed by atoms with Crippen molar-refractivity contribution in [1.29, 1.82) is 0 Å². The van der Waals surface area contributed by atoms with Gasteiger partial charge >= 0.3 is 0 Å². The molecule has 1 aromatic carbocycles. The molecule has 4 rings (SSSR count). The summed E-state index contributed by atoms with van der Waals surface area (Å²) in [6, 6.07) is 11.5. The molecule has 1 aliphatic rings. The van der Waals surface area contributed by atoms with Gasteiger partial charge in [-0.15, -0.1) is 0 Å². The number of amides is 1. The van der Waals surface area contributed by atoms with Crippen molar-refractivity contribution in [2.24, 2.45) is 5.92 Å². The van der Waals surface area contributed by atoms with Gasteiger partial charge in [0.15, 0.2) is 5.78 Å². The second-order valence-corrected chi connectivity index (χ2v) is 8.49. The fraction of sp³-hybridized carbons (Fsp3) is 0.417. The van der Waals surface area contributed by atoms with Crippen LogP contribution in [0.1, 0.15) is 47.4 Å². The fourth-order valence-electron chi connectivity index (χ4n) is 4.40. The van der Waals surface area contributed by atoms with E-state index >= 15 is 0 Å². The van der Waals surface area contributed by atoms with E-state index in [1.165, 1.54) is 0 Å². The number of aromatic nitrogens is 4. The molecule has 1 atom stereocenters. The third kappa shape index (κ3) is 4.59. The average molecular weight is 435 g/mol. The summed E-state index contributed by atoms with van der Waals surface area (Å²) in [5.41, 5.74) is 9.59. The van der Waals surface area contributed by atoms with E-state index in [9.17, 15) is 9.59 Å². The van der Waals surface area contributed by atoms with Crippen molar-refractivity contribution in [2.45, 2.75) is 46.1 Å². The van der Waals surface area contributed by atoms with Crippen LogP contribution in [0, 0.1) is 19.8 Å². The first-order valence-corrected chi connectivity index (χ1v) is 11.2. The average Bonchev–Trinajstić information content (AvgIpc) is 3.34. The van der Waals surface area contributed by atoms with E-state index in [2.05, 4.69) is 10.2 Å². The number of aryl methyl sites for hydroxylation is 3. The summed E-state index contributed by atoms with van der Waals surface area (Å²) in [5, 5.41) is 8.76. The van der Waals surface area contributed by atoms with Gasteiger partial charge in [0, 0.05) is 37.7 Å². The third-order valence-corrected chi connectivity index (χ3v) is 6.08. The summed E-state index contributed by atoms with van der Waals surface area (Å²) in [7, 11) is 0. The molecule has 0 unspecified atom stereocenters. The topological polar surface area (TPSA) is 99.0 Å². The van der Waals surface area contributed by atoms with Crippen molar-refractivity contribution in [1.82, 2.24) is 24.5 Å². The van der Waals surface area contributed by atoms with Gasteiger partial charge < -0.3 is 10.6 Å². The maximum absolute atomic E-state index is 13.2. The van der Waals surface area contributed by atoms with Crippen LogP contribution in [0.4, 0.5) is 5.82 Å². The van der Waals surface area contributed by atoms with Crippen molar-refractivity contribution in [3.8, 4) is 5.69 Å². The smallest absolute Gasteiger partial charge is 0.222 e. The molecule has 168 valence electrons. The minimum absolute atomic E-state index is 0.0372. The van der Waals surface area contributed by atoms with Gasteiger partial charge in [-0.1, -0.05) is 18.2 Å². The Morgan fingerprint density at radius 2 is 1.97 bits per heavy atom. The summed E-state index contributed by atoms with van der Waals surface area (Å²) in [4.78, 5) is 27.8. The number of Topliss-reactive ketones (excluding diaryl/α,β-unsaturated/α-hetero) is 1. The highest BCUT2D eigenvalue weighted by Gasteiger charge is 2.31. The molecule has 1 saturated heterocycles. The predicted molar refractivity (Wildman–Crippen MR) is 123 cm³/mol. The van der Waals surface area contributed by atoms with Crippen molar-refractivity contribution >= 4 is 17.5 Å². The van der Waals surface area contributed by atoms with Crippen molar-refractivity contribution in [3.63, 3.8) is 0 Å². The lowest BCUT2D eigenvalue weighted by Crippen LogP contribution is -2.42. The van der Waals surface area contributed by atoms with Gasteiger partial charge in [0.05, 0.1) is 23.1 Å². The van der Waals surface area contributed by atoms with Crippen LogP contribution in [0.3, 0.4) is 0 Å². The maximum atomic E-state index is 13.2. The number of hydrogen-bond acceptors (Lipinski definition) is 5. The van der Waals surface area contributed by atoms with Crippen LogP contribution in [-0.4, -0.2) is 49.2 Å². The number of rotatable bonds is 7. The van der Waals surface area contributed by atoms with Gasteiger partial charge in [0.1, 0.15) is 5.82 Å². The zero-order valence-corrected chi connectivity index (χ0v) is 18.7. The number of ketones is 1. The molecular weight excluding hydrogens is 404 g/mol. The van der Waals surface area contributed by atoms with Crippen LogP contribution in [-0.2, 0) is 11.3 Å². The van der Waals surface area contributed by atoms with E-state index in [-0.39, 0.29) is 17.6 Å². The summed E-state index contributed by atoms with van der Waals surface area (Å²) in [6.07, 6.45) is 4.29. The van der Waals surface area contributed by atoms with E-state index < -0.39 is 0 Å². The highest BCUT2D eigenvalue weighted by atomic mass is 16.2. The molecule has 0 aliphatic carbocycles. The second kappa shape index (κ2) is 9.38. The number of nitrogens with two attached hydrogens (primary N) is 1. The van der Waals surface area contributed by atoms with Gasteiger partial charge in [-0.05, 0) is 51.3 Å². The Balaban J connectivity index is 1.36. The number of likely N-dealkylation sites (tertiary alicyclic amines) is 1.